The lowest BCUT2D eigenvalue weighted by Gasteiger charge is -2.06. The SMILES string of the molecule is Cc1ccc(-c2n[nH]c(=S)n2C2CC2)cc1Cl. The molecular weight excluding hydrogens is 254 g/mol. The maximum absolute atomic E-state index is 6.14. The molecule has 0 aliphatic heterocycles. The lowest BCUT2D eigenvalue weighted by Crippen LogP contribution is -1.97. The molecule has 0 amide bonds. The number of nitrogens with one attached hydrogen (secondary N) is 1. The summed E-state index contributed by atoms with van der Waals surface area (Å²) in [6, 6.07) is 6.50. The molecule has 0 atom stereocenters. The van der Waals surface area contributed by atoms with Gasteiger partial charge in [-0.3, -0.25) is 9.67 Å². The van der Waals surface area contributed by atoms with Crippen LogP contribution in [0.5, 0.6) is 0 Å². The molecule has 1 aliphatic carbocycles. The van der Waals surface area contributed by atoms with Crippen molar-refractivity contribution in [1.82, 2.24) is 14.8 Å². The Kier molecular flexibility index (Phi) is 2.56. The van der Waals surface area contributed by atoms with Crippen molar-refractivity contribution in [2.45, 2.75) is 25.8 Å². The molecule has 0 spiro atoms. The van der Waals surface area contributed by atoms with E-state index in [0.29, 0.717) is 10.8 Å². The van der Waals surface area contributed by atoms with Gasteiger partial charge in [0.1, 0.15) is 0 Å². The van der Waals surface area contributed by atoms with Gasteiger partial charge in [0.15, 0.2) is 10.6 Å². The molecular formula is C12H12ClN3S. The highest BCUT2D eigenvalue weighted by Crippen LogP contribution is 2.38. The average Bonchev–Trinajstić information content (AvgIpc) is 3.06. The summed E-state index contributed by atoms with van der Waals surface area (Å²) >= 11 is 11.4. The first-order valence-electron chi connectivity index (χ1n) is 5.60. The van der Waals surface area contributed by atoms with Crippen molar-refractivity contribution >= 4 is 23.8 Å². The predicted octanol–water partition coefficient (Wildman–Crippen LogP) is 3.90. The van der Waals surface area contributed by atoms with Gasteiger partial charge in [-0.25, -0.2) is 0 Å². The maximum atomic E-state index is 6.14. The second-order valence-electron chi connectivity index (χ2n) is 4.42. The molecule has 0 unspecified atom stereocenters. The van der Waals surface area contributed by atoms with Crippen LogP contribution < -0.4 is 0 Å². The standard InChI is InChI=1S/C12H12ClN3S/c1-7-2-3-8(6-10(7)13)11-14-15-12(17)16(11)9-4-5-9/h2-3,6,9H,4-5H2,1H3,(H,15,17). The van der Waals surface area contributed by atoms with Crippen LogP contribution in [0.25, 0.3) is 11.4 Å². The van der Waals surface area contributed by atoms with Crippen LogP contribution in [0.1, 0.15) is 24.4 Å². The lowest BCUT2D eigenvalue weighted by atomic mass is 10.1. The second-order valence-corrected chi connectivity index (χ2v) is 5.21. The van der Waals surface area contributed by atoms with Gasteiger partial charge in [-0.05, 0) is 43.6 Å². The van der Waals surface area contributed by atoms with Gasteiger partial charge in [0.2, 0.25) is 0 Å². The summed E-state index contributed by atoms with van der Waals surface area (Å²) in [6.45, 7) is 1.99. The Balaban J connectivity index is 2.14. The zero-order chi connectivity index (χ0) is 12.0. The average molecular weight is 266 g/mol. The number of hydrogen-bond donors (Lipinski definition) is 1. The van der Waals surface area contributed by atoms with Crippen molar-refractivity contribution in [2.24, 2.45) is 0 Å². The molecule has 1 aromatic heterocycles. The molecule has 0 radical (unpaired) electrons. The van der Waals surface area contributed by atoms with Crippen LogP contribution in [0.4, 0.5) is 0 Å². The number of aryl methyl sites for hydroxylation is 1. The zero-order valence-electron chi connectivity index (χ0n) is 9.40. The van der Waals surface area contributed by atoms with Gasteiger partial charge in [-0.1, -0.05) is 23.7 Å². The third-order valence-corrected chi connectivity index (χ3v) is 3.74. The summed E-state index contributed by atoms with van der Waals surface area (Å²) in [4.78, 5) is 0. The van der Waals surface area contributed by atoms with Gasteiger partial charge in [0, 0.05) is 16.6 Å². The van der Waals surface area contributed by atoms with Gasteiger partial charge >= 0.3 is 0 Å². The molecule has 88 valence electrons. The highest BCUT2D eigenvalue weighted by molar-refractivity contribution is 7.71. The Bertz CT molecular complexity index is 625. The fraction of sp³-hybridized carbons (Fsp3) is 0.333. The lowest BCUT2D eigenvalue weighted by molar-refractivity contribution is 0.735. The molecule has 1 aromatic carbocycles. The molecule has 3 nitrogen and oxygen atoms in total. The van der Waals surface area contributed by atoms with Crippen molar-refractivity contribution < 1.29 is 0 Å². The van der Waals surface area contributed by atoms with Gasteiger partial charge in [-0.2, -0.15) is 5.10 Å². The molecule has 1 heterocycles. The summed E-state index contributed by atoms with van der Waals surface area (Å²) in [5.74, 6) is 0.888. The smallest absolute Gasteiger partial charge is 0.195 e. The minimum atomic E-state index is 0.510. The van der Waals surface area contributed by atoms with E-state index in [2.05, 4.69) is 14.8 Å². The van der Waals surface area contributed by atoms with E-state index in [4.69, 9.17) is 23.8 Å². The van der Waals surface area contributed by atoms with Crippen LogP contribution in [-0.2, 0) is 0 Å². The Morgan fingerprint density at radius 3 is 2.88 bits per heavy atom. The van der Waals surface area contributed by atoms with Crippen molar-refractivity contribution in [3.8, 4) is 11.4 Å². The summed E-state index contributed by atoms with van der Waals surface area (Å²) in [5, 5.41) is 7.93. The largest absolute Gasteiger partial charge is 0.297 e. The first-order valence-corrected chi connectivity index (χ1v) is 6.39. The van der Waals surface area contributed by atoms with Crippen molar-refractivity contribution in [1.29, 1.82) is 0 Å². The van der Waals surface area contributed by atoms with Gasteiger partial charge in [0.25, 0.3) is 0 Å². The molecule has 3 rings (SSSR count). The zero-order valence-corrected chi connectivity index (χ0v) is 11.0. The first-order chi connectivity index (χ1) is 8.16. The minimum absolute atomic E-state index is 0.510. The Morgan fingerprint density at radius 1 is 1.47 bits per heavy atom. The molecule has 1 saturated carbocycles. The highest BCUT2D eigenvalue weighted by atomic mass is 35.5. The quantitative estimate of drug-likeness (QED) is 0.836. The number of hydrogen-bond acceptors (Lipinski definition) is 2. The molecule has 2 aromatic rings. The van der Waals surface area contributed by atoms with Gasteiger partial charge < -0.3 is 0 Å². The normalized spacial score (nSPS) is 15.2. The number of H-pyrrole nitrogens is 1. The number of nitrogens with zero attached hydrogens (tertiary/aromatic N) is 2. The summed E-state index contributed by atoms with van der Waals surface area (Å²) in [5.41, 5.74) is 2.09. The van der Waals surface area contributed by atoms with E-state index in [0.717, 1.165) is 22.0 Å². The number of aromatic nitrogens is 3. The molecule has 1 aliphatic rings. The van der Waals surface area contributed by atoms with E-state index in [1.54, 1.807) is 0 Å². The van der Waals surface area contributed by atoms with Gasteiger partial charge in [-0.15, -0.1) is 0 Å². The third-order valence-electron chi connectivity index (χ3n) is 3.05. The van der Waals surface area contributed by atoms with E-state index in [-0.39, 0.29) is 0 Å². The van der Waals surface area contributed by atoms with E-state index in [1.165, 1.54) is 12.8 Å². The van der Waals surface area contributed by atoms with E-state index < -0.39 is 0 Å². The van der Waals surface area contributed by atoms with Crippen LogP contribution in [0.3, 0.4) is 0 Å². The van der Waals surface area contributed by atoms with E-state index in [1.807, 2.05) is 25.1 Å². The van der Waals surface area contributed by atoms with Crippen LogP contribution in [0, 0.1) is 11.7 Å². The molecule has 5 heteroatoms. The van der Waals surface area contributed by atoms with Crippen molar-refractivity contribution in [2.75, 3.05) is 0 Å². The Labute approximate surface area is 109 Å². The van der Waals surface area contributed by atoms with Crippen LogP contribution in [0.15, 0.2) is 18.2 Å². The second kappa shape index (κ2) is 3.96. The van der Waals surface area contributed by atoms with Crippen molar-refractivity contribution in [3.63, 3.8) is 0 Å². The predicted molar refractivity (Wildman–Crippen MR) is 70.9 cm³/mol. The fourth-order valence-electron chi connectivity index (χ4n) is 1.91. The topological polar surface area (TPSA) is 33.6 Å². The molecule has 0 bridgehead atoms. The third kappa shape index (κ3) is 1.91. The summed E-state index contributed by atoms with van der Waals surface area (Å²) in [7, 11) is 0. The highest BCUT2D eigenvalue weighted by Gasteiger charge is 2.27. The Morgan fingerprint density at radius 2 is 2.24 bits per heavy atom. The number of benzene rings is 1. The number of rotatable bonds is 2. The molecule has 1 N–H and O–H groups in total. The van der Waals surface area contributed by atoms with Crippen LogP contribution >= 0.6 is 23.8 Å². The number of aromatic amines is 1. The monoisotopic (exact) mass is 265 g/mol. The fourth-order valence-corrected chi connectivity index (χ4v) is 2.37. The number of halogens is 1. The van der Waals surface area contributed by atoms with E-state index >= 15 is 0 Å². The van der Waals surface area contributed by atoms with Crippen LogP contribution in [0.2, 0.25) is 5.02 Å². The van der Waals surface area contributed by atoms with Crippen molar-refractivity contribution in [3.05, 3.63) is 33.6 Å². The Hall–Kier alpha value is -1.13. The van der Waals surface area contributed by atoms with Gasteiger partial charge in [0.05, 0.1) is 0 Å². The summed E-state index contributed by atoms with van der Waals surface area (Å²) in [6.07, 6.45) is 2.36. The first kappa shape index (κ1) is 11.0. The minimum Gasteiger partial charge on any atom is -0.297 e. The maximum Gasteiger partial charge on any atom is 0.195 e. The molecule has 17 heavy (non-hydrogen) atoms. The van der Waals surface area contributed by atoms with E-state index in [9.17, 15) is 0 Å². The summed E-state index contributed by atoms with van der Waals surface area (Å²) < 4.78 is 2.79. The molecule has 1 fully saturated rings. The molecule has 0 saturated heterocycles. The van der Waals surface area contributed by atoms with Crippen LogP contribution in [-0.4, -0.2) is 14.8 Å².